The molecule has 1 aliphatic carbocycles. The summed E-state index contributed by atoms with van der Waals surface area (Å²) in [5.74, 6) is -0.161. The van der Waals surface area contributed by atoms with Gasteiger partial charge in [0.05, 0.1) is 31.4 Å². The number of carbonyl (C=O) groups excluding carboxylic acids is 1. The molecule has 2 aliphatic heterocycles. The Morgan fingerprint density at radius 2 is 1.53 bits per heavy atom. The zero-order valence-electron chi connectivity index (χ0n) is 21.7. The molecular weight excluding hydrogens is 481 g/mol. The molecule has 0 atom stereocenters. The number of halogens is 1. The van der Waals surface area contributed by atoms with Gasteiger partial charge in [-0.05, 0) is 40.8 Å². The molecule has 3 aromatic rings. The summed E-state index contributed by atoms with van der Waals surface area (Å²) < 4.78 is 25.4. The number of benzene rings is 3. The first-order chi connectivity index (χ1) is 18.7. The SMILES string of the molecule is O=C(c1ccc(F)cc1OCCCN1CCOCC1)N1CCN(C2c3ccccc3-c3ccccc32)CC1. The van der Waals surface area contributed by atoms with Crippen LogP contribution in [-0.2, 0) is 4.74 Å². The maximum absolute atomic E-state index is 14.1. The second kappa shape index (κ2) is 11.2. The minimum Gasteiger partial charge on any atom is -0.493 e. The van der Waals surface area contributed by atoms with Crippen LogP contribution in [0, 0.1) is 5.82 Å². The average Bonchev–Trinajstić information content (AvgIpc) is 3.30. The zero-order chi connectivity index (χ0) is 25.9. The second-order valence-electron chi connectivity index (χ2n) is 10.2. The van der Waals surface area contributed by atoms with E-state index in [1.54, 1.807) is 6.07 Å². The molecule has 0 bridgehead atoms. The summed E-state index contributed by atoms with van der Waals surface area (Å²) in [6, 6.07) is 21.7. The van der Waals surface area contributed by atoms with Gasteiger partial charge in [-0.15, -0.1) is 0 Å². The van der Waals surface area contributed by atoms with Gasteiger partial charge in [-0.3, -0.25) is 14.6 Å². The summed E-state index contributed by atoms with van der Waals surface area (Å²) in [4.78, 5) is 20.2. The van der Waals surface area contributed by atoms with Crippen LogP contribution in [0.2, 0.25) is 0 Å². The number of ether oxygens (including phenoxy) is 2. The summed E-state index contributed by atoms with van der Waals surface area (Å²) in [6.45, 7) is 7.49. The van der Waals surface area contributed by atoms with Crippen LogP contribution in [-0.4, -0.2) is 86.2 Å². The van der Waals surface area contributed by atoms with Gasteiger partial charge in [-0.25, -0.2) is 4.39 Å². The summed E-state index contributed by atoms with van der Waals surface area (Å²) in [5.41, 5.74) is 5.70. The Kier molecular flexibility index (Phi) is 7.40. The number of piperazine rings is 1. The number of hydrogen-bond donors (Lipinski definition) is 0. The summed E-state index contributed by atoms with van der Waals surface area (Å²) in [7, 11) is 0. The number of hydrogen-bond acceptors (Lipinski definition) is 5. The molecule has 2 fully saturated rings. The number of amides is 1. The van der Waals surface area contributed by atoms with Crippen molar-refractivity contribution in [3.8, 4) is 16.9 Å². The van der Waals surface area contributed by atoms with Crippen molar-refractivity contribution in [1.82, 2.24) is 14.7 Å². The Bertz CT molecular complexity index is 1240. The van der Waals surface area contributed by atoms with E-state index in [4.69, 9.17) is 9.47 Å². The van der Waals surface area contributed by atoms with Crippen molar-refractivity contribution in [2.24, 2.45) is 0 Å². The molecule has 0 aromatic heterocycles. The summed E-state index contributed by atoms with van der Waals surface area (Å²) in [5, 5.41) is 0. The molecule has 0 unspecified atom stereocenters. The van der Waals surface area contributed by atoms with Gasteiger partial charge in [0.15, 0.2) is 0 Å². The molecule has 0 spiro atoms. The van der Waals surface area contributed by atoms with Crippen molar-refractivity contribution in [3.63, 3.8) is 0 Å². The lowest BCUT2D eigenvalue weighted by molar-refractivity contribution is 0.0357. The van der Waals surface area contributed by atoms with Crippen molar-refractivity contribution in [2.75, 3.05) is 65.6 Å². The Morgan fingerprint density at radius 3 is 2.21 bits per heavy atom. The number of fused-ring (bicyclic) bond motifs is 3. The van der Waals surface area contributed by atoms with Crippen LogP contribution in [0.4, 0.5) is 4.39 Å². The monoisotopic (exact) mass is 515 g/mol. The van der Waals surface area contributed by atoms with Crippen molar-refractivity contribution in [1.29, 1.82) is 0 Å². The average molecular weight is 516 g/mol. The van der Waals surface area contributed by atoms with Gasteiger partial charge >= 0.3 is 0 Å². The fourth-order valence-electron chi connectivity index (χ4n) is 5.96. The van der Waals surface area contributed by atoms with Crippen molar-refractivity contribution >= 4 is 5.91 Å². The molecule has 6 nitrogen and oxygen atoms in total. The van der Waals surface area contributed by atoms with E-state index < -0.39 is 5.82 Å². The smallest absolute Gasteiger partial charge is 0.257 e. The van der Waals surface area contributed by atoms with E-state index in [-0.39, 0.29) is 11.9 Å². The van der Waals surface area contributed by atoms with Crippen LogP contribution in [0.5, 0.6) is 5.75 Å². The molecule has 198 valence electrons. The van der Waals surface area contributed by atoms with Gasteiger partial charge in [0, 0.05) is 51.9 Å². The molecule has 2 heterocycles. The highest BCUT2D eigenvalue weighted by Gasteiger charge is 2.35. The molecule has 38 heavy (non-hydrogen) atoms. The lowest BCUT2D eigenvalue weighted by atomic mass is 10.0. The van der Waals surface area contributed by atoms with E-state index >= 15 is 0 Å². The van der Waals surface area contributed by atoms with Crippen LogP contribution >= 0.6 is 0 Å². The van der Waals surface area contributed by atoms with E-state index in [1.165, 1.54) is 34.4 Å². The lowest BCUT2D eigenvalue weighted by Crippen LogP contribution is -2.49. The second-order valence-corrected chi connectivity index (χ2v) is 10.2. The van der Waals surface area contributed by atoms with E-state index in [0.29, 0.717) is 31.0 Å². The van der Waals surface area contributed by atoms with Gasteiger partial charge in [0.2, 0.25) is 0 Å². The molecule has 2 saturated heterocycles. The summed E-state index contributed by atoms with van der Waals surface area (Å²) >= 11 is 0. The highest BCUT2D eigenvalue weighted by molar-refractivity contribution is 5.97. The van der Waals surface area contributed by atoms with Gasteiger partial charge in [-0.1, -0.05) is 48.5 Å². The molecule has 1 amide bonds. The van der Waals surface area contributed by atoms with Crippen LogP contribution in [0.1, 0.15) is 33.9 Å². The van der Waals surface area contributed by atoms with Crippen molar-refractivity contribution < 1.29 is 18.7 Å². The fourth-order valence-corrected chi connectivity index (χ4v) is 5.96. The topological polar surface area (TPSA) is 45.2 Å². The third kappa shape index (κ3) is 5.06. The van der Waals surface area contributed by atoms with E-state index in [9.17, 15) is 9.18 Å². The number of carbonyl (C=O) groups is 1. The predicted octanol–water partition coefficient (Wildman–Crippen LogP) is 4.45. The highest BCUT2D eigenvalue weighted by atomic mass is 19.1. The van der Waals surface area contributed by atoms with Crippen molar-refractivity contribution in [3.05, 3.63) is 89.2 Å². The Labute approximate surface area is 223 Å². The van der Waals surface area contributed by atoms with E-state index in [0.717, 1.165) is 52.4 Å². The normalized spacial score (nSPS) is 18.3. The number of nitrogens with zero attached hydrogens (tertiary/aromatic N) is 3. The first-order valence-electron chi connectivity index (χ1n) is 13.6. The van der Waals surface area contributed by atoms with Gasteiger partial charge in [0.1, 0.15) is 11.6 Å². The maximum Gasteiger partial charge on any atom is 0.257 e. The fraction of sp³-hybridized carbons (Fsp3) is 0.387. The summed E-state index contributed by atoms with van der Waals surface area (Å²) in [6.07, 6.45) is 0.813. The third-order valence-corrected chi connectivity index (χ3v) is 7.92. The van der Waals surface area contributed by atoms with Crippen LogP contribution < -0.4 is 4.74 Å². The quantitative estimate of drug-likeness (QED) is 0.435. The van der Waals surface area contributed by atoms with Gasteiger partial charge < -0.3 is 14.4 Å². The molecule has 3 aromatic carbocycles. The maximum atomic E-state index is 14.1. The molecule has 7 heteroatoms. The Hall–Kier alpha value is -3.26. The highest BCUT2D eigenvalue weighted by Crippen LogP contribution is 2.46. The molecular formula is C31H34FN3O3. The minimum absolute atomic E-state index is 0.0972. The Balaban J connectivity index is 1.10. The van der Waals surface area contributed by atoms with Gasteiger partial charge in [0.25, 0.3) is 5.91 Å². The molecule has 0 saturated carbocycles. The molecule has 6 rings (SSSR count). The van der Waals surface area contributed by atoms with Crippen LogP contribution in [0.3, 0.4) is 0 Å². The molecule has 3 aliphatic rings. The van der Waals surface area contributed by atoms with Crippen LogP contribution in [0.25, 0.3) is 11.1 Å². The predicted molar refractivity (Wildman–Crippen MR) is 145 cm³/mol. The van der Waals surface area contributed by atoms with E-state index in [1.807, 2.05) is 4.90 Å². The first kappa shape index (κ1) is 25.0. The van der Waals surface area contributed by atoms with Crippen molar-refractivity contribution in [2.45, 2.75) is 12.5 Å². The standard InChI is InChI=1S/C31H34FN3O3/c32-23-10-11-28(29(22-23)38-19-5-12-33-17-20-37-21-18-33)31(36)35-15-13-34(14-16-35)30-26-8-3-1-6-24(26)25-7-2-4-9-27(25)30/h1-4,6-11,22,30H,5,12-21H2. The number of rotatable bonds is 7. The third-order valence-electron chi connectivity index (χ3n) is 7.92. The largest absolute Gasteiger partial charge is 0.493 e. The molecule has 0 N–H and O–H groups in total. The van der Waals surface area contributed by atoms with Crippen LogP contribution in [0.15, 0.2) is 66.7 Å². The van der Waals surface area contributed by atoms with Gasteiger partial charge in [-0.2, -0.15) is 0 Å². The lowest BCUT2D eigenvalue weighted by Gasteiger charge is -2.39. The Morgan fingerprint density at radius 1 is 0.868 bits per heavy atom. The van der Waals surface area contributed by atoms with E-state index in [2.05, 4.69) is 58.3 Å². The zero-order valence-corrected chi connectivity index (χ0v) is 21.7. The molecule has 0 radical (unpaired) electrons. The number of morpholine rings is 1. The first-order valence-corrected chi connectivity index (χ1v) is 13.6. The minimum atomic E-state index is -0.395.